The first kappa shape index (κ1) is 14.9. The van der Waals surface area contributed by atoms with E-state index in [1.165, 1.54) is 0 Å². The van der Waals surface area contributed by atoms with Crippen LogP contribution in [0.5, 0.6) is 0 Å². The van der Waals surface area contributed by atoms with Crippen LogP contribution in [0.3, 0.4) is 0 Å². The molecular weight excluding hydrogens is 272 g/mol. The van der Waals surface area contributed by atoms with Gasteiger partial charge in [-0.25, -0.2) is 0 Å². The maximum atomic E-state index is 12.0. The Balaban J connectivity index is 2.40. The molecule has 1 fully saturated rings. The van der Waals surface area contributed by atoms with E-state index in [2.05, 4.69) is 48.8 Å². The topological polar surface area (TPSA) is 79.9 Å². The van der Waals surface area contributed by atoms with Gasteiger partial charge >= 0.3 is 0 Å². The predicted octanol–water partition coefficient (Wildman–Crippen LogP) is 1.41. The number of hydrogen-bond acceptors (Lipinski definition) is 5. The number of carbonyl (C=O) groups is 1. The highest BCUT2D eigenvalue weighted by atomic mass is 32.1. The lowest BCUT2D eigenvalue weighted by Gasteiger charge is -2.46. The summed E-state index contributed by atoms with van der Waals surface area (Å²) in [5, 5.41) is 21.6. The number of nitrogens with zero attached hydrogens (tertiary/aromatic N) is 3. The lowest BCUT2D eigenvalue weighted by molar-refractivity contribution is -0.127. The van der Waals surface area contributed by atoms with Crippen LogP contribution in [0.2, 0.25) is 0 Å². The Bertz CT molecular complexity index is 532. The van der Waals surface area contributed by atoms with Gasteiger partial charge in [0.15, 0.2) is 0 Å². The smallest absolute Gasteiger partial charge is 0.243 e. The van der Waals surface area contributed by atoms with E-state index in [1.54, 1.807) is 0 Å². The fourth-order valence-electron chi connectivity index (χ4n) is 3.21. The Labute approximate surface area is 124 Å². The van der Waals surface area contributed by atoms with E-state index in [0.717, 1.165) is 13.1 Å². The molecule has 0 saturated carbocycles. The van der Waals surface area contributed by atoms with Crippen molar-refractivity contribution >= 4 is 18.5 Å². The van der Waals surface area contributed by atoms with Gasteiger partial charge in [-0.3, -0.25) is 4.79 Å². The number of rotatable bonds is 1. The monoisotopic (exact) mass is 290 g/mol. The molecule has 106 valence electrons. The number of thiol groups is 1. The average molecular weight is 290 g/mol. The molecule has 1 amide bonds. The highest BCUT2D eigenvalue weighted by molar-refractivity contribution is 7.84. The third-order valence-corrected chi connectivity index (χ3v) is 4.79. The fraction of sp³-hybridized carbons (Fsp3) is 0.643. The van der Waals surface area contributed by atoms with E-state index in [9.17, 15) is 15.3 Å². The Kier molecular flexibility index (Phi) is 4.08. The predicted molar refractivity (Wildman–Crippen MR) is 77.2 cm³/mol. The van der Waals surface area contributed by atoms with E-state index in [-0.39, 0.29) is 5.91 Å². The molecule has 20 heavy (non-hydrogen) atoms. The van der Waals surface area contributed by atoms with E-state index in [0.29, 0.717) is 29.5 Å². The fourth-order valence-corrected chi connectivity index (χ4v) is 3.59. The molecule has 1 atom stereocenters. The first-order valence-electron chi connectivity index (χ1n) is 6.74. The number of amides is 1. The molecule has 0 aromatic heterocycles. The van der Waals surface area contributed by atoms with Crippen molar-refractivity contribution in [3.8, 4) is 12.1 Å². The number of nitriles is 2. The lowest BCUT2D eigenvalue weighted by atomic mass is 9.63. The maximum Gasteiger partial charge on any atom is 0.243 e. The minimum Gasteiger partial charge on any atom is -0.319 e. The number of piperidine rings is 1. The van der Waals surface area contributed by atoms with E-state index < -0.39 is 11.3 Å². The average Bonchev–Trinajstić information content (AvgIpc) is 2.39. The van der Waals surface area contributed by atoms with Crippen LogP contribution in [-0.2, 0) is 4.79 Å². The molecule has 0 aromatic carbocycles. The molecule has 2 aliphatic rings. The number of hydrogen-bond donors (Lipinski definition) is 2. The largest absolute Gasteiger partial charge is 0.319 e. The van der Waals surface area contributed by atoms with Gasteiger partial charge in [0.1, 0.15) is 5.92 Å². The first-order chi connectivity index (χ1) is 9.46. The molecule has 2 heterocycles. The van der Waals surface area contributed by atoms with Gasteiger partial charge in [0, 0.05) is 11.5 Å². The molecule has 6 heteroatoms. The summed E-state index contributed by atoms with van der Waals surface area (Å²) in [6.07, 6.45) is 1.29. The summed E-state index contributed by atoms with van der Waals surface area (Å²) >= 11 is 4.22. The van der Waals surface area contributed by atoms with Crippen molar-refractivity contribution in [2.45, 2.75) is 32.7 Å². The van der Waals surface area contributed by atoms with Crippen molar-refractivity contribution in [2.75, 3.05) is 13.1 Å². The standard InChI is InChI=1S/C14H18N4OS/c1-9(2)18-5-3-14(4-6-18)10(7-15)12(19)17-13(20)11(14)8-16/h9-10,20H,3-6H2,1-2H3,(H,17,19)/t10-/m1/s1. The molecule has 0 aromatic rings. The van der Waals surface area contributed by atoms with Crippen molar-refractivity contribution in [1.82, 2.24) is 10.2 Å². The Hall–Kier alpha value is -1.50. The molecule has 2 aliphatic heterocycles. The van der Waals surface area contributed by atoms with E-state index in [4.69, 9.17) is 0 Å². The second-order valence-corrected chi connectivity index (χ2v) is 6.12. The van der Waals surface area contributed by atoms with Gasteiger partial charge < -0.3 is 10.2 Å². The lowest BCUT2D eigenvalue weighted by Crippen LogP contribution is -2.53. The molecule has 1 saturated heterocycles. The van der Waals surface area contributed by atoms with Crippen LogP contribution in [0.1, 0.15) is 26.7 Å². The SMILES string of the molecule is CC(C)N1CCC2(CC1)C(C#N)=C(S)NC(=O)[C@H]2C#N. The molecule has 5 nitrogen and oxygen atoms in total. The summed E-state index contributed by atoms with van der Waals surface area (Å²) in [6.45, 7) is 5.82. The van der Waals surface area contributed by atoms with Crippen LogP contribution < -0.4 is 5.32 Å². The Morgan fingerprint density at radius 3 is 2.45 bits per heavy atom. The third-order valence-electron chi connectivity index (χ3n) is 4.45. The molecule has 2 rings (SSSR count). The van der Waals surface area contributed by atoms with Crippen molar-refractivity contribution in [2.24, 2.45) is 11.3 Å². The van der Waals surface area contributed by atoms with Crippen LogP contribution in [0.25, 0.3) is 0 Å². The minimum absolute atomic E-state index is 0.307. The van der Waals surface area contributed by atoms with Gasteiger partial charge in [0.25, 0.3) is 0 Å². The Morgan fingerprint density at radius 2 is 2.00 bits per heavy atom. The third kappa shape index (κ3) is 2.19. The molecular formula is C14H18N4OS. The molecule has 0 unspecified atom stereocenters. The quantitative estimate of drug-likeness (QED) is 0.716. The van der Waals surface area contributed by atoms with Crippen LogP contribution in [0.4, 0.5) is 0 Å². The summed E-state index contributed by atoms with van der Waals surface area (Å²) in [6, 6.07) is 4.68. The van der Waals surface area contributed by atoms with E-state index >= 15 is 0 Å². The molecule has 1 N–H and O–H groups in total. The van der Waals surface area contributed by atoms with Crippen LogP contribution in [-0.4, -0.2) is 29.9 Å². The van der Waals surface area contributed by atoms with Gasteiger partial charge in [-0.05, 0) is 39.8 Å². The highest BCUT2D eigenvalue weighted by Gasteiger charge is 2.52. The Morgan fingerprint density at radius 1 is 1.40 bits per heavy atom. The van der Waals surface area contributed by atoms with Crippen LogP contribution in [0, 0.1) is 34.0 Å². The molecule has 0 aliphatic carbocycles. The first-order valence-corrected chi connectivity index (χ1v) is 7.19. The number of nitrogens with one attached hydrogen (secondary N) is 1. The molecule has 0 bridgehead atoms. The normalized spacial score (nSPS) is 26.3. The van der Waals surface area contributed by atoms with Crippen LogP contribution >= 0.6 is 12.6 Å². The van der Waals surface area contributed by atoms with Gasteiger partial charge in [0.05, 0.1) is 22.7 Å². The summed E-state index contributed by atoms with van der Waals surface area (Å²) in [4.78, 5) is 14.4. The molecule has 0 radical (unpaired) electrons. The summed E-state index contributed by atoms with van der Waals surface area (Å²) in [5.41, 5.74) is -0.218. The zero-order chi connectivity index (χ0) is 14.9. The summed E-state index contributed by atoms with van der Waals surface area (Å²) in [7, 11) is 0. The van der Waals surface area contributed by atoms with Crippen molar-refractivity contribution in [3.05, 3.63) is 10.6 Å². The van der Waals surface area contributed by atoms with Gasteiger partial charge in [0.2, 0.25) is 5.91 Å². The van der Waals surface area contributed by atoms with Crippen molar-refractivity contribution < 1.29 is 4.79 Å². The summed E-state index contributed by atoms with van der Waals surface area (Å²) < 4.78 is 0. The second-order valence-electron chi connectivity index (χ2n) is 5.67. The van der Waals surface area contributed by atoms with Crippen molar-refractivity contribution in [3.63, 3.8) is 0 Å². The second kappa shape index (κ2) is 5.47. The number of allylic oxidation sites excluding steroid dienone is 1. The van der Waals surface area contributed by atoms with E-state index in [1.807, 2.05) is 0 Å². The molecule has 1 spiro atoms. The van der Waals surface area contributed by atoms with Gasteiger partial charge in [-0.15, -0.1) is 12.6 Å². The zero-order valence-electron chi connectivity index (χ0n) is 11.7. The minimum atomic E-state index is -0.803. The van der Waals surface area contributed by atoms with Crippen LogP contribution in [0.15, 0.2) is 10.6 Å². The van der Waals surface area contributed by atoms with Gasteiger partial charge in [-0.2, -0.15) is 10.5 Å². The number of likely N-dealkylation sites (tertiary alicyclic amines) is 1. The maximum absolute atomic E-state index is 12.0. The van der Waals surface area contributed by atoms with Gasteiger partial charge in [-0.1, -0.05) is 0 Å². The number of carbonyl (C=O) groups excluding carboxylic acids is 1. The zero-order valence-corrected chi connectivity index (χ0v) is 12.6. The highest BCUT2D eigenvalue weighted by Crippen LogP contribution is 2.48. The summed E-state index contributed by atoms with van der Waals surface area (Å²) in [5.74, 6) is -1.14. The van der Waals surface area contributed by atoms with Crippen molar-refractivity contribution in [1.29, 1.82) is 10.5 Å².